The van der Waals surface area contributed by atoms with Gasteiger partial charge in [0.25, 0.3) is 11.8 Å². The quantitative estimate of drug-likeness (QED) is 0.411. The van der Waals surface area contributed by atoms with Crippen LogP contribution >= 0.6 is 11.6 Å². The van der Waals surface area contributed by atoms with Crippen LogP contribution in [0.2, 0.25) is 0 Å². The third kappa shape index (κ3) is 3.51. The molecule has 0 N–H and O–H groups in total. The summed E-state index contributed by atoms with van der Waals surface area (Å²) in [6, 6.07) is 17.1. The maximum atomic E-state index is 12.2. The van der Waals surface area contributed by atoms with Gasteiger partial charge in [0.2, 0.25) is 0 Å². The predicted octanol–water partition coefficient (Wildman–Crippen LogP) is 4.82. The van der Waals surface area contributed by atoms with Crippen molar-refractivity contribution in [1.29, 1.82) is 0 Å². The van der Waals surface area contributed by atoms with Crippen LogP contribution in [0.4, 0.5) is 0 Å². The Balaban J connectivity index is 1.43. The summed E-state index contributed by atoms with van der Waals surface area (Å²) in [7, 11) is 0. The zero-order chi connectivity index (χ0) is 16.9. The second kappa shape index (κ2) is 7.63. The van der Waals surface area contributed by atoms with E-state index in [0.717, 1.165) is 31.2 Å². The van der Waals surface area contributed by atoms with E-state index in [-0.39, 0.29) is 17.2 Å². The van der Waals surface area contributed by atoms with Crippen molar-refractivity contribution in [3.8, 4) is 0 Å². The second-order valence-corrected chi connectivity index (χ2v) is 6.56. The predicted molar refractivity (Wildman–Crippen MR) is 95.3 cm³/mol. The van der Waals surface area contributed by atoms with E-state index in [1.165, 1.54) is 4.90 Å². The molecular formula is C20H20ClNO2. The zero-order valence-corrected chi connectivity index (χ0v) is 14.2. The average Bonchev–Trinajstić information content (AvgIpc) is 2.87. The number of amides is 2. The molecule has 24 heavy (non-hydrogen) atoms. The Morgan fingerprint density at radius 1 is 0.792 bits per heavy atom. The number of alkyl halides is 1. The zero-order valence-electron chi connectivity index (χ0n) is 13.5. The molecule has 3 rings (SSSR count). The average molecular weight is 342 g/mol. The fourth-order valence-corrected chi connectivity index (χ4v) is 3.34. The maximum Gasteiger partial charge on any atom is 0.261 e. The van der Waals surface area contributed by atoms with Gasteiger partial charge in [-0.05, 0) is 30.5 Å². The Morgan fingerprint density at radius 2 is 1.38 bits per heavy atom. The number of hydrogen-bond donors (Lipinski definition) is 0. The molecule has 0 aromatic heterocycles. The topological polar surface area (TPSA) is 37.4 Å². The standard InChI is InChI=1S/C20H20ClNO2/c21-18(15-9-3-1-4-10-15)13-5-2-8-14-22-19(23)16-11-6-7-12-17(16)20(22)24/h1,3-4,6-7,9-12,18H,2,5,8,13-14H2. The Hall–Kier alpha value is -2.13. The van der Waals surface area contributed by atoms with Crippen LogP contribution in [0.25, 0.3) is 0 Å². The first-order chi connectivity index (χ1) is 11.7. The number of nitrogens with zero attached hydrogens (tertiary/aromatic N) is 1. The van der Waals surface area contributed by atoms with Gasteiger partial charge in [0.15, 0.2) is 0 Å². The van der Waals surface area contributed by atoms with Gasteiger partial charge in [-0.3, -0.25) is 14.5 Å². The molecule has 1 aliphatic rings. The van der Waals surface area contributed by atoms with E-state index in [2.05, 4.69) is 0 Å². The van der Waals surface area contributed by atoms with Crippen LogP contribution < -0.4 is 0 Å². The van der Waals surface area contributed by atoms with Crippen LogP contribution in [0.3, 0.4) is 0 Å². The highest BCUT2D eigenvalue weighted by Crippen LogP contribution is 2.27. The monoisotopic (exact) mass is 341 g/mol. The Bertz CT molecular complexity index is 694. The van der Waals surface area contributed by atoms with Crippen LogP contribution in [0.1, 0.15) is 57.3 Å². The van der Waals surface area contributed by atoms with Crippen LogP contribution in [-0.4, -0.2) is 23.3 Å². The van der Waals surface area contributed by atoms with Crippen molar-refractivity contribution in [2.75, 3.05) is 6.54 Å². The molecule has 4 heteroatoms. The summed E-state index contributed by atoms with van der Waals surface area (Å²) in [5.74, 6) is -0.342. The molecule has 0 bridgehead atoms. The first-order valence-electron chi connectivity index (χ1n) is 8.32. The lowest BCUT2D eigenvalue weighted by molar-refractivity contribution is 0.0651. The molecule has 2 amide bonds. The summed E-state index contributed by atoms with van der Waals surface area (Å²) in [5.41, 5.74) is 2.18. The third-order valence-corrected chi connectivity index (χ3v) is 4.85. The lowest BCUT2D eigenvalue weighted by atomic mass is 10.1. The highest BCUT2D eigenvalue weighted by Gasteiger charge is 2.34. The van der Waals surface area contributed by atoms with Gasteiger partial charge in [-0.1, -0.05) is 55.3 Å². The van der Waals surface area contributed by atoms with Crippen LogP contribution in [-0.2, 0) is 0 Å². The number of halogens is 1. The van der Waals surface area contributed by atoms with Gasteiger partial charge < -0.3 is 0 Å². The van der Waals surface area contributed by atoms with Gasteiger partial charge in [0, 0.05) is 6.54 Å². The van der Waals surface area contributed by atoms with Crippen molar-refractivity contribution in [2.24, 2.45) is 0 Å². The molecule has 1 unspecified atom stereocenters. The Kier molecular flexibility index (Phi) is 5.31. The van der Waals surface area contributed by atoms with Gasteiger partial charge in [0.05, 0.1) is 16.5 Å². The molecule has 0 aliphatic carbocycles. The molecule has 124 valence electrons. The first-order valence-corrected chi connectivity index (χ1v) is 8.76. The van der Waals surface area contributed by atoms with Gasteiger partial charge in [-0.25, -0.2) is 0 Å². The van der Waals surface area contributed by atoms with Crippen molar-refractivity contribution in [2.45, 2.75) is 31.1 Å². The van der Waals surface area contributed by atoms with E-state index in [1.807, 2.05) is 30.3 Å². The highest BCUT2D eigenvalue weighted by molar-refractivity contribution is 6.21. The smallest absolute Gasteiger partial charge is 0.261 e. The maximum absolute atomic E-state index is 12.2. The molecule has 0 radical (unpaired) electrons. The third-order valence-electron chi connectivity index (χ3n) is 4.38. The number of carbonyl (C=O) groups excluding carboxylic acids is 2. The normalized spacial score (nSPS) is 14.8. The fourth-order valence-electron chi connectivity index (χ4n) is 3.04. The molecule has 0 saturated carbocycles. The van der Waals surface area contributed by atoms with Gasteiger partial charge in [-0.2, -0.15) is 0 Å². The number of unbranched alkanes of at least 4 members (excludes halogenated alkanes) is 2. The number of hydrogen-bond acceptors (Lipinski definition) is 2. The summed E-state index contributed by atoms with van der Waals surface area (Å²) in [5, 5.41) is 0.0190. The lowest BCUT2D eigenvalue weighted by Gasteiger charge is -2.14. The van der Waals surface area contributed by atoms with Gasteiger partial charge in [0.1, 0.15) is 0 Å². The van der Waals surface area contributed by atoms with Crippen molar-refractivity contribution >= 4 is 23.4 Å². The van der Waals surface area contributed by atoms with Crippen molar-refractivity contribution in [1.82, 2.24) is 4.90 Å². The number of imide groups is 1. The van der Waals surface area contributed by atoms with Crippen LogP contribution in [0.5, 0.6) is 0 Å². The molecular weight excluding hydrogens is 322 g/mol. The molecule has 1 aliphatic heterocycles. The summed E-state index contributed by atoms with van der Waals surface area (Å²) in [4.78, 5) is 25.9. The number of fused-ring (bicyclic) bond motifs is 1. The molecule has 2 aromatic rings. The van der Waals surface area contributed by atoms with E-state index in [4.69, 9.17) is 11.6 Å². The Morgan fingerprint density at radius 3 is 2.00 bits per heavy atom. The number of carbonyl (C=O) groups is 2. The van der Waals surface area contributed by atoms with Crippen molar-refractivity contribution in [3.05, 3.63) is 71.3 Å². The largest absolute Gasteiger partial charge is 0.274 e. The molecule has 0 fully saturated rings. The highest BCUT2D eigenvalue weighted by atomic mass is 35.5. The van der Waals surface area contributed by atoms with Crippen molar-refractivity contribution in [3.63, 3.8) is 0 Å². The summed E-state index contributed by atoms with van der Waals surface area (Å²) in [6.45, 7) is 0.477. The van der Waals surface area contributed by atoms with Crippen LogP contribution in [0, 0.1) is 0 Å². The molecule has 0 spiro atoms. The van der Waals surface area contributed by atoms with Gasteiger partial charge in [-0.15, -0.1) is 11.6 Å². The Labute approximate surface area is 147 Å². The van der Waals surface area contributed by atoms with E-state index in [0.29, 0.717) is 17.7 Å². The molecule has 3 nitrogen and oxygen atoms in total. The second-order valence-electron chi connectivity index (χ2n) is 6.04. The summed E-state index contributed by atoms with van der Waals surface area (Å²) >= 11 is 6.40. The lowest BCUT2D eigenvalue weighted by Crippen LogP contribution is -2.30. The summed E-state index contributed by atoms with van der Waals surface area (Å²) in [6.07, 6.45) is 3.63. The molecule has 0 saturated heterocycles. The van der Waals surface area contributed by atoms with E-state index in [9.17, 15) is 9.59 Å². The molecule has 1 heterocycles. The summed E-state index contributed by atoms with van der Waals surface area (Å²) < 4.78 is 0. The number of rotatable bonds is 7. The van der Waals surface area contributed by atoms with E-state index >= 15 is 0 Å². The molecule has 1 atom stereocenters. The first kappa shape index (κ1) is 16.7. The van der Waals surface area contributed by atoms with Crippen LogP contribution in [0.15, 0.2) is 54.6 Å². The molecule has 2 aromatic carbocycles. The number of benzene rings is 2. The minimum Gasteiger partial charge on any atom is -0.274 e. The van der Waals surface area contributed by atoms with E-state index in [1.54, 1.807) is 24.3 Å². The fraction of sp³-hybridized carbons (Fsp3) is 0.300. The SMILES string of the molecule is O=C1c2ccccc2C(=O)N1CCCCCC(Cl)c1ccccc1. The van der Waals surface area contributed by atoms with E-state index < -0.39 is 0 Å². The van der Waals surface area contributed by atoms with Gasteiger partial charge >= 0.3 is 0 Å². The van der Waals surface area contributed by atoms with Crippen molar-refractivity contribution < 1.29 is 9.59 Å². The minimum absolute atomic E-state index is 0.0190. The minimum atomic E-state index is -0.171.